The minimum absolute atomic E-state index is 0.364. The van der Waals surface area contributed by atoms with Crippen molar-refractivity contribution in [2.45, 2.75) is 44.1 Å². The third-order valence-electron chi connectivity index (χ3n) is 6.72. The summed E-state index contributed by atoms with van der Waals surface area (Å²) in [7, 11) is 2.17. The largest absolute Gasteiger partial charge is 0.508 e. The van der Waals surface area contributed by atoms with E-state index in [0.29, 0.717) is 11.3 Å². The molecule has 0 amide bonds. The molecule has 1 aromatic carbocycles. The monoisotopic (exact) mass is 310 g/mol. The van der Waals surface area contributed by atoms with Gasteiger partial charge in [-0.05, 0) is 68.4 Å². The molecule has 1 heterocycles. The molecule has 3 heteroatoms. The van der Waals surface area contributed by atoms with Crippen LogP contribution >= 0.6 is 0 Å². The standard InChI is InChI=1S/C20H26N2O/c1-21-12-19(17-3-2-4-18(23)8-17)22(13-21)20-9-14-5-15(10-20)7-16(6-14)11-20/h2-4,8,12,14-16,23H,5-7,9-11,13H2,1H3. The van der Waals surface area contributed by atoms with Gasteiger partial charge in [-0.1, -0.05) is 12.1 Å². The highest BCUT2D eigenvalue weighted by Gasteiger charge is 2.54. The van der Waals surface area contributed by atoms with Gasteiger partial charge >= 0.3 is 0 Å². The van der Waals surface area contributed by atoms with Gasteiger partial charge in [-0.15, -0.1) is 0 Å². The van der Waals surface area contributed by atoms with Crippen LogP contribution in [0.2, 0.25) is 0 Å². The lowest BCUT2D eigenvalue weighted by Crippen LogP contribution is -2.59. The smallest absolute Gasteiger partial charge is 0.116 e. The second-order valence-electron chi connectivity index (χ2n) is 8.53. The summed E-state index contributed by atoms with van der Waals surface area (Å²) in [4.78, 5) is 4.99. The third-order valence-corrected chi connectivity index (χ3v) is 6.72. The molecule has 5 aliphatic rings. The van der Waals surface area contributed by atoms with Crippen molar-refractivity contribution in [1.82, 2.24) is 9.80 Å². The Bertz CT molecular complexity index is 630. The molecule has 0 unspecified atom stereocenters. The minimum Gasteiger partial charge on any atom is -0.508 e. The normalized spacial score (nSPS) is 38.3. The predicted molar refractivity (Wildman–Crippen MR) is 91.5 cm³/mol. The van der Waals surface area contributed by atoms with Crippen LogP contribution in [0.3, 0.4) is 0 Å². The van der Waals surface area contributed by atoms with Gasteiger partial charge in [0, 0.05) is 24.4 Å². The Labute approximate surface area is 138 Å². The molecule has 0 saturated heterocycles. The van der Waals surface area contributed by atoms with E-state index < -0.39 is 0 Å². The highest BCUT2D eigenvalue weighted by atomic mass is 16.3. The van der Waals surface area contributed by atoms with Crippen LogP contribution in [0.1, 0.15) is 44.1 Å². The molecule has 4 aliphatic carbocycles. The van der Waals surface area contributed by atoms with Gasteiger partial charge in [-0.2, -0.15) is 0 Å². The van der Waals surface area contributed by atoms with Gasteiger partial charge in [0.1, 0.15) is 5.75 Å². The van der Waals surface area contributed by atoms with Crippen LogP contribution in [0.5, 0.6) is 5.75 Å². The number of aromatic hydroxyl groups is 1. The molecule has 122 valence electrons. The summed E-state index contributed by atoms with van der Waals surface area (Å²) < 4.78 is 0. The molecule has 4 bridgehead atoms. The first-order chi connectivity index (χ1) is 11.1. The molecule has 1 N–H and O–H groups in total. The molecule has 23 heavy (non-hydrogen) atoms. The first kappa shape index (κ1) is 13.8. The van der Waals surface area contributed by atoms with Gasteiger partial charge in [0.05, 0.1) is 12.4 Å². The molecule has 1 aliphatic heterocycles. The number of hydrogen-bond donors (Lipinski definition) is 1. The first-order valence-electron chi connectivity index (χ1n) is 9.10. The van der Waals surface area contributed by atoms with Gasteiger partial charge in [0.2, 0.25) is 0 Å². The molecule has 0 atom stereocenters. The number of nitrogens with zero attached hydrogens (tertiary/aromatic N) is 2. The summed E-state index contributed by atoms with van der Waals surface area (Å²) in [5, 5.41) is 9.90. The molecular weight excluding hydrogens is 284 g/mol. The summed E-state index contributed by atoms with van der Waals surface area (Å²) in [5.74, 6) is 3.23. The summed E-state index contributed by atoms with van der Waals surface area (Å²) >= 11 is 0. The molecule has 1 aromatic rings. The second-order valence-corrected chi connectivity index (χ2v) is 8.53. The minimum atomic E-state index is 0.364. The molecule has 6 rings (SSSR count). The van der Waals surface area contributed by atoms with Crippen molar-refractivity contribution in [1.29, 1.82) is 0 Å². The molecule has 4 fully saturated rings. The van der Waals surface area contributed by atoms with Crippen LogP contribution in [0.15, 0.2) is 30.5 Å². The lowest BCUT2D eigenvalue weighted by atomic mass is 9.52. The highest BCUT2D eigenvalue weighted by molar-refractivity contribution is 5.67. The summed E-state index contributed by atoms with van der Waals surface area (Å²) in [5.41, 5.74) is 2.84. The molecule has 3 nitrogen and oxygen atoms in total. The number of phenols is 1. The van der Waals surface area contributed by atoms with Crippen LogP contribution < -0.4 is 0 Å². The fourth-order valence-corrected chi connectivity index (χ4v) is 6.32. The fraction of sp³-hybridized carbons (Fsp3) is 0.600. The van der Waals surface area contributed by atoms with Crippen molar-refractivity contribution in [3.63, 3.8) is 0 Å². The lowest BCUT2D eigenvalue weighted by Gasteiger charge is -2.60. The lowest BCUT2D eigenvalue weighted by molar-refractivity contribution is -0.0699. The number of phenolic OH excluding ortho intramolecular Hbond substituents is 1. The maximum Gasteiger partial charge on any atom is 0.116 e. The SMILES string of the molecule is CN1C=C(c2cccc(O)c2)N(C23CC4CC(CC(C4)C2)C3)C1. The van der Waals surface area contributed by atoms with Gasteiger partial charge in [-0.25, -0.2) is 0 Å². The number of rotatable bonds is 2. The van der Waals surface area contributed by atoms with E-state index in [1.165, 1.54) is 44.2 Å². The zero-order valence-corrected chi connectivity index (χ0v) is 13.9. The van der Waals surface area contributed by atoms with Crippen molar-refractivity contribution in [2.75, 3.05) is 13.7 Å². The Morgan fingerprint density at radius 3 is 2.30 bits per heavy atom. The quantitative estimate of drug-likeness (QED) is 0.898. The van der Waals surface area contributed by atoms with Gasteiger partial charge in [0.15, 0.2) is 0 Å². The topological polar surface area (TPSA) is 26.7 Å². The predicted octanol–water partition coefficient (Wildman–Crippen LogP) is 3.86. The van der Waals surface area contributed by atoms with E-state index in [-0.39, 0.29) is 0 Å². The van der Waals surface area contributed by atoms with Crippen LogP contribution in [0, 0.1) is 17.8 Å². The number of benzene rings is 1. The molecule has 0 spiro atoms. The Kier molecular flexibility index (Phi) is 2.80. The van der Waals surface area contributed by atoms with Crippen molar-refractivity contribution in [3.05, 3.63) is 36.0 Å². The van der Waals surface area contributed by atoms with Crippen LogP contribution in [-0.4, -0.2) is 34.2 Å². The Balaban J connectivity index is 1.53. The second kappa shape index (κ2) is 4.68. The molecule has 0 aromatic heterocycles. The average Bonchev–Trinajstić information content (AvgIpc) is 2.89. The van der Waals surface area contributed by atoms with E-state index >= 15 is 0 Å². The summed E-state index contributed by atoms with van der Waals surface area (Å²) in [6, 6.07) is 7.77. The van der Waals surface area contributed by atoms with Crippen molar-refractivity contribution < 1.29 is 5.11 Å². The Morgan fingerprint density at radius 2 is 1.70 bits per heavy atom. The van der Waals surface area contributed by atoms with Crippen molar-refractivity contribution in [3.8, 4) is 5.75 Å². The van der Waals surface area contributed by atoms with Crippen LogP contribution in [0.4, 0.5) is 0 Å². The van der Waals surface area contributed by atoms with Crippen molar-refractivity contribution >= 4 is 5.70 Å². The molecule has 0 radical (unpaired) electrons. The highest BCUT2D eigenvalue weighted by Crippen LogP contribution is 2.59. The zero-order valence-electron chi connectivity index (χ0n) is 13.9. The third kappa shape index (κ3) is 2.09. The van der Waals surface area contributed by atoms with E-state index in [1.54, 1.807) is 6.07 Å². The van der Waals surface area contributed by atoms with Gasteiger partial charge < -0.3 is 14.9 Å². The van der Waals surface area contributed by atoms with Crippen LogP contribution in [0.25, 0.3) is 5.70 Å². The van der Waals surface area contributed by atoms with E-state index in [9.17, 15) is 5.11 Å². The average molecular weight is 310 g/mol. The van der Waals surface area contributed by atoms with E-state index in [4.69, 9.17) is 0 Å². The van der Waals surface area contributed by atoms with E-state index in [1.807, 2.05) is 12.1 Å². The molecular formula is C20H26N2O. The number of hydrogen-bond acceptors (Lipinski definition) is 3. The Hall–Kier alpha value is -1.64. The summed E-state index contributed by atoms with van der Waals surface area (Å²) in [6.07, 6.45) is 10.8. The zero-order chi connectivity index (χ0) is 15.6. The fourth-order valence-electron chi connectivity index (χ4n) is 6.32. The van der Waals surface area contributed by atoms with Gasteiger partial charge in [0.25, 0.3) is 0 Å². The van der Waals surface area contributed by atoms with E-state index in [2.05, 4.69) is 29.1 Å². The maximum atomic E-state index is 9.90. The van der Waals surface area contributed by atoms with Gasteiger partial charge in [-0.3, -0.25) is 0 Å². The molecule has 4 saturated carbocycles. The first-order valence-corrected chi connectivity index (χ1v) is 9.10. The van der Waals surface area contributed by atoms with E-state index in [0.717, 1.165) is 30.0 Å². The van der Waals surface area contributed by atoms with Crippen LogP contribution in [-0.2, 0) is 0 Å². The Morgan fingerprint density at radius 1 is 1.04 bits per heavy atom. The van der Waals surface area contributed by atoms with Crippen molar-refractivity contribution in [2.24, 2.45) is 17.8 Å². The maximum absolute atomic E-state index is 9.90. The summed E-state index contributed by atoms with van der Waals surface area (Å²) in [6.45, 7) is 0.997.